The van der Waals surface area contributed by atoms with E-state index in [4.69, 9.17) is 14.2 Å². The SMILES string of the molecule is CCOc1ccc(C(=O)COCCOC(C)(C)C)cc1. The Labute approximate surface area is 121 Å². The molecule has 4 nitrogen and oxygen atoms in total. The minimum absolute atomic E-state index is 0.0381. The summed E-state index contributed by atoms with van der Waals surface area (Å²) in [5, 5.41) is 0. The number of carbonyl (C=O) groups is 1. The summed E-state index contributed by atoms with van der Waals surface area (Å²) in [6, 6.07) is 7.09. The first kappa shape index (κ1) is 16.7. The highest BCUT2D eigenvalue weighted by Gasteiger charge is 2.10. The molecule has 4 heteroatoms. The number of benzene rings is 1. The zero-order valence-electron chi connectivity index (χ0n) is 12.8. The zero-order valence-corrected chi connectivity index (χ0v) is 12.8. The van der Waals surface area contributed by atoms with Crippen molar-refractivity contribution in [1.82, 2.24) is 0 Å². The summed E-state index contributed by atoms with van der Waals surface area (Å²) in [4.78, 5) is 11.9. The fraction of sp³-hybridized carbons (Fsp3) is 0.562. The van der Waals surface area contributed by atoms with Crippen LogP contribution in [0.3, 0.4) is 0 Å². The molecule has 0 aliphatic rings. The number of carbonyl (C=O) groups excluding carboxylic acids is 1. The number of ketones is 1. The Balaban J connectivity index is 2.28. The molecule has 0 bridgehead atoms. The molecular formula is C16H24O4. The van der Waals surface area contributed by atoms with Gasteiger partial charge >= 0.3 is 0 Å². The highest BCUT2D eigenvalue weighted by Crippen LogP contribution is 2.12. The van der Waals surface area contributed by atoms with Gasteiger partial charge < -0.3 is 14.2 Å². The van der Waals surface area contributed by atoms with Crippen LogP contribution in [0.25, 0.3) is 0 Å². The van der Waals surface area contributed by atoms with Crippen LogP contribution in [-0.2, 0) is 9.47 Å². The number of ether oxygens (including phenoxy) is 3. The molecule has 112 valence electrons. The monoisotopic (exact) mass is 280 g/mol. The number of rotatable bonds is 8. The molecule has 0 spiro atoms. The molecule has 0 saturated carbocycles. The predicted octanol–water partition coefficient (Wildman–Crippen LogP) is 3.10. The first-order valence-electron chi connectivity index (χ1n) is 6.90. The van der Waals surface area contributed by atoms with Crippen molar-refractivity contribution in [3.63, 3.8) is 0 Å². The van der Waals surface area contributed by atoms with Gasteiger partial charge in [0.15, 0.2) is 5.78 Å². The third kappa shape index (κ3) is 6.68. The molecule has 0 aliphatic heterocycles. The van der Waals surface area contributed by atoms with Gasteiger partial charge in [-0.1, -0.05) is 0 Å². The lowest BCUT2D eigenvalue weighted by atomic mass is 10.1. The molecule has 1 aromatic rings. The maximum Gasteiger partial charge on any atom is 0.188 e. The average Bonchev–Trinajstić information content (AvgIpc) is 2.38. The van der Waals surface area contributed by atoms with Crippen LogP contribution in [-0.4, -0.2) is 37.8 Å². The maximum atomic E-state index is 11.9. The Kier molecular flexibility index (Phi) is 6.68. The fourth-order valence-corrected chi connectivity index (χ4v) is 1.56. The molecule has 0 radical (unpaired) electrons. The summed E-state index contributed by atoms with van der Waals surface area (Å²) in [5.41, 5.74) is 0.452. The van der Waals surface area contributed by atoms with Crippen LogP contribution >= 0.6 is 0 Å². The minimum Gasteiger partial charge on any atom is -0.494 e. The predicted molar refractivity (Wildman–Crippen MR) is 78.5 cm³/mol. The van der Waals surface area contributed by atoms with Crippen LogP contribution in [0.4, 0.5) is 0 Å². The fourth-order valence-electron chi connectivity index (χ4n) is 1.56. The van der Waals surface area contributed by atoms with E-state index in [9.17, 15) is 4.79 Å². The van der Waals surface area contributed by atoms with E-state index in [2.05, 4.69) is 0 Å². The van der Waals surface area contributed by atoms with Crippen molar-refractivity contribution in [2.75, 3.05) is 26.4 Å². The van der Waals surface area contributed by atoms with Gasteiger partial charge in [-0.15, -0.1) is 0 Å². The second kappa shape index (κ2) is 8.02. The molecule has 0 N–H and O–H groups in total. The Hall–Kier alpha value is -1.39. The number of hydrogen-bond acceptors (Lipinski definition) is 4. The van der Waals surface area contributed by atoms with E-state index in [0.717, 1.165) is 5.75 Å². The first-order chi connectivity index (χ1) is 9.42. The van der Waals surface area contributed by atoms with Gasteiger partial charge in [-0.3, -0.25) is 4.79 Å². The Morgan fingerprint density at radius 1 is 1.10 bits per heavy atom. The van der Waals surface area contributed by atoms with E-state index in [1.54, 1.807) is 24.3 Å². The smallest absolute Gasteiger partial charge is 0.188 e. The van der Waals surface area contributed by atoms with Crippen molar-refractivity contribution in [3.05, 3.63) is 29.8 Å². The summed E-state index contributed by atoms with van der Waals surface area (Å²) in [5.74, 6) is 0.729. The molecule has 0 atom stereocenters. The van der Waals surface area contributed by atoms with Gasteiger partial charge in [0.05, 0.1) is 25.4 Å². The Morgan fingerprint density at radius 3 is 2.30 bits per heavy atom. The summed E-state index contributed by atoms with van der Waals surface area (Å²) < 4.78 is 16.2. The summed E-state index contributed by atoms with van der Waals surface area (Å²) in [6.07, 6.45) is 0. The standard InChI is InChI=1S/C16H24O4/c1-5-19-14-8-6-13(7-9-14)15(17)12-18-10-11-20-16(2,3)4/h6-9H,5,10-12H2,1-4H3. The van der Waals surface area contributed by atoms with Crippen LogP contribution in [0.5, 0.6) is 5.75 Å². The molecule has 0 unspecified atom stereocenters. The van der Waals surface area contributed by atoms with Gasteiger partial charge in [0.1, 0.15) is 12.4 Å². The van der Waals surface area contributed by atoms with Gasteiger partial charge in [0.2, 0.25) is 0 Å². The summed E-state index contributed by atoms with van der Waals surface area (Å²) in [7, 11) is 0. The Morgan fingerprint density at radius 2 is 1.75 bits per heavy atom. The van der Waals surface area contributed by atoms with Crippen molar-refractivity contribution < 1.29 is 19.0 Å². The highest BCUT2D eigenvalue weighted by atomic mass is 16.5. The van der Waals surface area contributed by atoms with Crippen LogP contribution in [0.2, 0.25) is 0 Å². The molecule has 0 amide bonds. The van der Waals surface area contributed by atoms with E-state index in [0.29, 0.717) is 25.4 Å². The Bertz CT molecular complexity index is 403. The largest absolute Gasteiger partial charge is 0.494 e. The molecule has 0 aromatic heterocycles. The van der Waals surface area contributed by atoms with E-state index < -0.39 is 0 Å². The summed E-state index contributed by atoms with van der Waals surface area (Å²) >= 11 is 0. The average molecular weight is 280 g/mol. The van der Waals surface area contributed by atoms with E-state index in [-0.39, 0.29) is 18.0 Å². The molecule has 0 heterocycles. The molecular weight excluding hydrogens is 256 g/mol. The van der Waals surface area contributed by atoms with Crippen molar-refractivity contribution >= 4 is 5.78 Å². The second-order valence-corrected chi connectivity index (χ2v) is 5.39. The van der Waals surface area contributed by atoms with Crippen molar-refractivity contribution in [2.24, 2.45) is 0 Å². The summed E-state index contributed by atoms with van der Waals surface area (Å²) in [6.45, 7) is 9.46. The molecule has 0 aliphatic carbocycles. The molecule has 0 fully saturated rings. The van der Waals surface area contributed by atoms with Crippen molar-refractivity contribution in [1.29, 1.82) is 0 Å². The minimum atomic E-state index is -0.178. The van der Waals surface area contributed by atoms with Gasteiger partial charge in [-0.2, -0.15) is 0 Å². The zero-order chi connectivity index (χ0) is 15.0. The van der Waals surface area contributed by atoms with Crippen LogP contribution in [0.1, 0.15) is 38.1 Å². The van der Waals surface area contributed by atoms with Gasteiger partial charge in [-0.05, 0) is 52.0 Å². The van der Waals surface area contributed by atoms with Crippen LogP contribution in [0, 0.1) is 0 Å². The molecule has 20 heavy (non-hydrogen) atoms. The highest BCUT2D eigenvalue weighted by molar-refractivity contribution is 5.97. The second-order valence-electron chi connectivity index (χ2n) is 5.39. The number of Topliss-reactive ketones (excluding diaryl/α,β-unsaturated/α-hetero) is 1. The van der Waals surface area contributed by atoms with E-state index in [1.165, 1.54) is 0 Å². The third-order valence-electron chi connectivity index (χ3n) is 2.48. The van der Waals surface area contributed by atoms with E-state index in [1.807, 2.05) is 27.7 Å². The normalized spacial score (nSPS) is 11.4. The topological polar surface area (TPSA) is 44.8 Å². The number of hydrogen-bond donors (Lipinski definition) is 0. The van der Waals surface area contributed by atoms with Gasteiger partial charge in [0, 0.05) is 5.56 Å². The quantitative estimate of drug-likeness (QED) is 0.542. The third-order valence-corrected chi connectivity index (χ3v) is 2.48. The lowest BCUT2D eigenvalue weighted by Crippen LogP contribution is -2.22. The van der Waals surface area contributed by atoms with Crippen molar-refractivity contribution in [2.45, 2.75) is 33.3 Å². The van der Waals surface area contributed by atoms with Crippen LogP contribution < -0.4 is 4.74 Å². The lowest BCUT2D eigenvalue weighted by molar-refractivity contribution is -0.0324. The maximum absolute atomic E-state index is 11.9. The molecule has 1 rings (SSSR count). The van der Waals surface area contributed by atoms with Gasteiger partial charge in [-0.25, -0.2) is 0 Å². The van der Waals surface area contributed by atoms with Crippen molar-refractivity contribution in [3.8, 4) is 5.75 Å². The van der Waals surface area contributed by atoms with E-state index >= 15 is 0 Å². The first-order valence-corrected chi connectivity index (χ1v) is 6.90. The molecule has 0 saturated heterocycles. The molecule has 1 aromatic carbocycles. The van der Waals surface area contributed by atoms with Gasteiger partial charge in [0.25, 0.3) is 0 Å². The lowest BCUT2D eigenvalue weighted by Gasteiger charge is -2.19. The van der Waals surface area contributed by atoms with Crippen LogP contribution in [0.15, 0.2) is 24.3 Å².